The summed E-state index contributed by atoms with van der Waals surface area (Å²) in [6.45, 7) is 0.430. The fourth-order valence-corrected chi connectivity index (χ4v) is 2.10. The number of alkyl halides is 2. The lowest BCUT2D eigenvalue weighted by molar-refractivity contribution is -0.119. The highest BCUT2D eigenvalue weighted by molar-refractivity contribution is 7.99. The van der Waals surface area contributed by atoms with Crippen LogP contribution in [0, 0.1) is 0 Å². The fraction of sp³-hybridized carbons (Fsp3) is 0.214. The number of nitrogens with one attached hydrogen (secondary N) is 2. The fourth-order valence-electron chi connectivity index (χ4n) is 1.60. The molecule has 21 heavy (non-hydrogen) atoms. The van der Waals surface area contributed by atoms with Crippen molar-refractivity contribution in [1.82, 2.24) is 5.32 Å². The Kier molecular flexibility index (Phi) is 5.62. The summed E-state index contributed by atoms with van der Waals surface area (Å²) in [7, 11) is 0. The maximum Gasteiger partial charge on any atom is 0.288 e. The smallest absolute Gasteiger partial charge is 0.288 e. The SMILES string of the molecule is O=C(CNc1ccc(SC(F)F)cc1)NCc1ccco1. The molecule has 0 saturated heterocycles. The number of carbonyl (C=O) groups is 1. The number of rotatable bonds is 7. The molecule has 0 aliphatic rings. The Balaban J connectivity index is 1.73. The van der Waals surface area contributed by atoms with E-state index in [2.05, 4.69) is 10.6 Å². The molecule has 112 valence electrons. The van der Waals surface area contributed by atoms with Gasteiger partial charge in [0.2, 0.25) is 5.91 Å². The normalized spacial score (nSPS) is 10.6. The summed E-state index contributed by atoms with van der Waals surface area (Å²) >= 11 is 0.487. The molecule has 0 radical (unpaired) electrons. The largest absolute Gasteiger partial charge is 0.467 e. The van der Waals surface area contributed by atoms with Crippen molar-refractivity contribution >= 4 is 23.4 Å². The molecule has 0 saturated carbocycles. The summed E-state index contributed by atoms with van der Waals surface area (Å²) < 4.78 is 29.4. The van der Waals surface area contributed by atoms with E-state index >= 15 is 0 Å². The van der Waals surface area contributed by atoms with Gasteiger partial charge in [-0.3, -0.25) is 4.79 Å². The highest BCUT2D eigenvalue weighted by atomic mass is 32.2. The second-order valence-corrected chi connectivity index (χ2v) is 5.18. The molecule has 4 nitrogen and oxygen atoms in total. The molecule has 2 rings (SSSR count). The predicted molar refractivity (Wildman–Crippen MR) is 77.3 cm³/mol. The van der Waals surface area contributed by atoms with Crippen LogP contribution in [0.5, 0.6) is 0 Å². The maximum atomic E-state index is 12.2. The summed E-state index contributed by atoms with van der Waals surface area (Å²) in [5, 5.41) is 5.61. The van der Waals surface area contributed by atoms with E-state index in [9.17, 15) is 13.6 Å². The van der Waals surface area contributed by atoms with Crippen LogP contribution in [0.3, 0.4) is 0 Å². The molecule has 2 aromatic rings. The average Bonchev–Trinajstić information content (AvgIpc) is 2.97. The maximum absolute atomic E-state index is 12.2. The Hall–Kier alpha value is -2.02. The van der Waals surface area contributed by atoms with Crippen LogP contribution in [0.25, 0.3) is 0 Å². The van der Waals surface area contributed by atoms with Crippen LogP contribution >= 0.6 is 11.8 Å². The van der Waals surface area contributed by atoms with E-state index in [0.29, 0.717) is 34.6 Å². The molecular weight excluding hydrogens is 298 g/mol. The van der Waals surface area contributed by atoms with E-state index in [0.717, 1.165) is 0 Å². The molecule has 0 fully saturated rings. The third-order valence-corrected chi connectivity index (χ3v) is 3.29. The minimum absolute atomic E-state index is 0.0993. The first kappa shape index (κ1) is 15.4. The van der Waals surface area contributed by atoms with Crippen molar-refractivity contribution in [3.8, 4) is 0 Å². The molecule has 1 amide bonds. The van der Waals surface area contributed by atoms with Crippen LogP contribution in [0.4, 0.5) is 14.5 Å². The molecule has 0 spiro atoms. The third kappa shape index (κ3) is 5.47. The highest BCUT2D eigenvalue weighted by Crippen LogP contribution is 2.25. The molecule has 0 unspecified atom stereocenters. The van der Waals surface area contributed by atoms with Gasteiger partial charge in [0.15, 0.2) is 0 Å². The lowest BCUT2D eigenvalue weighted by Gasteiger charge is -2.07. The van der Waals surface area contributed by atoms with Crippen molar-refractivity contribution in [2.45, 2.75) is 17.2 Å². The van der Waals surface area contributed by atoms with Gasteiger partial charge in [0.05, 0.1) is 19.4 Å². The first-order chi connectivity index (χ1) is 10.1. The molecule has 1 aromatic heterocycles. The van der Waals surface area contributed by atoms with E-state index in [4.69, 9.17) is 4.42 Å². The lowest BCUT2D eigenvalue weighted by atomic mass is 10.3. The van der Waals surface area contributed by atoms with Crippen molar-refractivity contribution in [1.29, 1.82) is 0 Å². The molecular formula is C14H14F2N2O2S. The van der Waals surface area contributed by atoms with Crippen molar-refractivity contribution in [3.05, 3.63) is 48.4 Å². The van der Waals surface area contributed by atoms with Gasteiger partial charge < -0.3 is 15.1 Å². The summed E-state index contributed by atoms with van der Waals surface area (Å²) in [6.07, 6.45) is 1.54. The monoisotopic (exact) mass is 312 g/mol. The van der Waals surface area contributed by atoms with Crippen LogP contribution in [0.15, 0.2) is 52.0 Å². The second-order valence-electron chi connectivity index (χ2n) is 4.11. The molecule has 2 N–H and O–H groups in total. The van der Waals surface area contributed by atoms with Gasteiger partial charge >= 0.3 is 0 Å². The zero-order valence-corrected chi connectivity index (χ0v) is 11.8. The van der Waals surface area contributed by atoms with Crippen molar-refractivity contribution in [2.75, 3.05) is 11.9 Å². The Morgan fingerprint density at radius 3 is 2.62 bits per heavy atom. The standard InChI is InChI=1S/C14H14F2N2O2S/c15-14(16)21-12-5-3-10(4-6-12)17-9-13(19)18-8-11-2-1-7-20-11/h1-7,14,17H,8-9H2,(H,18,19). The van der Waals surface area contributed by atoms with E-state index in [1.807, 2.05) is 0 Å². The molecule has 1 aromatic carbocycles. The van der Waals surface area contributed by atoms with Crippen LogP contribution in [0.2, 0.25) is 0 Å². The highest BCUT2D eigenvalue weighted by Gasteiger charge is 2.05. The number of halogens is 2. The number of amides is 1. The lowest BCUT2D eigenvalue weighted by Crippen LogP contribution is -2.29. The van der Waals surface area contributed by atoms with Gasteiger partial charge in [0.25, 0.3) is 5.76 Å². The molecule has 0 atom stereocenters. The topological polar surface area (TPSA) is 54.3 Å². The molecule has 1 heterocycles. The first-order valence-corrected chi connectivity index (χ1v) is 7.09. The Morgan fingerprint density at radius 2 is 2.00 bits per heavy atom. The number of benzene rings is 1. The number of thioether (sulfide) groups is 1. The van der Waals surface area contributed by atoms with E-state index in [1.165, 1.54) is 0 Å². The summed E-state index contributed by atoms with van der Waals surface area (Å²) in [6, 6.07) is 10.0. The predicted octanol–water partition coefficient (Wildman–Crippen LogP) is 3.32. The van der Waals surface area contributed by atoms with Crippen LogP contribution in [-0.2, 0) is 11.3 Å². The van der Waals surface area contributed by atoms with E-state index < -0.39 is 5.76 Å². The van der Waals surface area contributed by atoms with E-state index in [-0.39, 0.29) is 12.5 Å². The quantitative estimate of drug-likeness (QED) is 0.770. The van der Waals surface area contributed by atoms with Crippen LogP contribution in [0.1, 0.15) is 5.76 Å². The van der Waals surface area contributed by atoms with Crippen LogP contribution < -0.4 is 10.6 Å². The van der Waals surface area contributed by atoms with Gasteiger partial charge in [-0.1, -0.05) is 11.8 Å². The Labute approximate surface area is 124 Å². The van der Waals surface area contributed by atoms with Gasteiger partial charge in [-0.25, -0.2) is 0 Å². The summed E-state index contributed by atoms with van der Waals surface area (Å²) in [5.41, 5.74) is 0.696. The zero-order chi connectivity index (χ0) is 15.1. The van der Waals surface area contributed by atoms with Gasteiger partial charge in [0, 0.05) is 10.6 Å². The van der Waals surface area contributed by atoms with Crippen molar-refractivity contribution in [2.24, 2.45) is 0 Å². The van der Waals surface area contributed by atoms with Crippen LogP contribution in [-0.4, -0.2) is 18.2 Å². The Bertz CT molecular complexity index is 559. The number of anilines is 1. The zero-order valence-electron chi connectivity index (χ0n) is 11.0. The number of carbonyl (C=O) groups excluding carboxylic acids is 1. The van der Waals surface area contributed by atoms with Gasteiger partial charge in [-0.2, -0.15) is 8.78 Å². The van der Waals surface area contributed by atoms with Crippen molar-refractivity contribution in [3.63, 3.8) is 0 Å². The number of hydrogen-bond acceptors (Lipinski definition) is 4. The van der Waals surface area contributed by atoms with Gasteiger partial charge in [0.1, 0.15) is 5.76 Å². The average molecular weight is 312 g/mol. The molecule has 0 aliphatic heterocycles. The summed E-state index contributed by atoms with van der Waals surface area (Å²) in [4.78, 5) is 12.1. The first-order valence-electron chi connectivity index (χ1n) is 6.21. The molecule has 0 bridgehead atoms. The van der Waals surface area contributed by atoms with E-state index in [1.54, 1.807) is 42.7 Å². The van der Waals surface area contributed by atoms with Crippen molar-refractivity contribution < 1.29 is 18.0 Å². The number of furan rings is 1. The molecule has 7 heteroatoms. The minimum atomic E-state index is -2.43. The van der Waals surface area contributed by atoms with Gasteiger partial charge in [-0.05, 0) is 36.4 Å². The number of hydrogen-bond donors (Lipinski definition) is 2. The van der Waals surface area contributed by atoms with Gasteiger partial charge in [-0.15, -0.1) is 0 Å². The molecule has 0 aliphatic carbocycles. The Morgan fingerprint density at radius 1 is 1.24 bits per heavy atom. The second kappa shape index (κ2) is 7.68. The minimum Gasteiger partial charge on any atom is -0.467 e. The summed E-state index contributed by atoms with van der Waals surface area (Å²) in [5.74, 6) is -1.94. The third-order valence-electron chi connectivity index (χ3n) is 2.57.